The van der Waals surface area contributed by atoms with Crippen molar-refractivity contribution in [3.05, 3.63) is 0 Å². The topological polar surface area (TPSA) is 27.7 Å². The molecule has 0 amide bonds. The summed E-state index contributed by atoms with van der Waals surface area (Å²) in [5.41, 5.74) is 0. The van der Waals surface area contributed by atoms with Gasteiger partial charge in [-0.15, -0.1) is 0 Å². The predicted molar refractivity (Wildman–Crippen MR) is 65.1 cm³/mol. The van der Waals surface area contributed by atoms with Gasteiger partial charge in [0.1, 0.15) is 0 Å². The molecular weight excluding hydrogens is 216 g/mol. The van der Waals surface area contributed by atoms with Crippen LogP contribution in [0.2, 0.25) is 6.04 Å². The van der Waals surface area contributed by atoms with E-state index in [4.69, 9.17) is 13.9 Å². The molecule has 0 spiro atoms. The highest BCUT2D eigenvalue weighted by molar-refractivity contribution is 7.80. The van der Waals surface area contributed by atoms with Crippen LogP contribution in [0.25, 0.3) is 0 Å². The molecule has 0 aromatic heterocycles. The van der Waals surface area contributed by atoms with Crippen molar-refractivity contribution in [2.45, 2.75) is 18.9 Å². The number of rotatable bonds is 11. The molecule has 0 aromatic carbocycles. The van der Waals surface area contributed by atoms with Gasteiger partial charge in [0, 0.05) is 20.3 Å². The Morgan fingerprint density at radius 3 is 2.64 bits per heavy atom. The second-order valence-electron chi connectivity index (χ2n) is 3.00. The van der Waals surface area contributed by atoms with Crippen LogP contribution in [-0.2, 0) is 13.9 Å². The van der Waals surface area contributed by atoms with Crippen molar-refractivity contribution in [2.24, 2.45) is 0 Å². The van der Waals surface area contributed by atoms with E-state index in [0.717, 1.165) is 25.4 Å². The Morgan fingerprint density at radius 1 is 1.07 bits per heavy atom. The van der Waals surface area contributed by atoms with Crippen LogP contribution in [0.15, 0.2) is 0 Å². The van der Waals surface area contributed by atoms with Crippen LogP contribution in [0, 0.1) is 0 Å². The lowest BCUT2D eigenvalue weighted by Gasteiger charge is -2.04. The van der Waals surface area contributed by atoms with E-state index in [1.807, 2.05) is 0 Å². The molecule has 0 aliphatic carbocycles. The molecule has 0 N–H and O–H groups in total. The lowest BCUT2D eigenvalue weighted by Crippen LogP contribution is -2.07. The average molecular weight is 238 g/mol. The molecule has 0 rings (SSSR count). The highest BCUT2D eigenvalue weighted by Crippen LogP contribution is 1.92. The molecule has 0 aliphatic heterocycles. The first-order valence-electron chi connectivity index (χ1n) is 5.17. The van der Waals surface area contributed by atoms with Crippen molar-refractivity contribution in [2.75, 3.05) is 39.3 Å². The molecule has 86 valence electrons. The van der Waals surface area contributed by atoms with E-state index in [2.05, 4.69) is 12.6 Å². The van der Waals surface area contributed by atoms with Gasteiger partial charge in [-0.2, -0.15) is 12.6 Å². The zero-order chi connectivity index (χ0) is 10.5. The van der Waals surface area contributed by atoms with Crippen LogP contribution in [0.5, 0.6) is 0 Å². The summed E-state index contributed by atoms with van der Waals surface area (Å²) in [6.07, 6.45) is 2.19. The van der Waals surface area contributed by atoms with Gasteiger partial charge in [-0.3, -0.25) is 0 Å². The fraction of sp³-hybridized carbons (Fsp3) is 1.00. The van der Waals surface area contributed by atoms with Gasteiger partial charge in [-0.25, -0.2) is 0 Å². The third-order valence-electron chi connectivity index (χ3n) is 1.71. The summed E-state index contributed by atoms with van der Waals surface area (Å²) >= 11 is 4.15. The van der Waals surface area contributed by atoms with Gasteiger partial charge in [0.25, 0.3) is 0 Å². The average Bonchev–Trinajstić information content (AvgIpc) is 2.21. The van der Waals surface area contributed by atoms with E-state index in [9.17, 15) is 0 Å². The quantitative estimate of drug-likeness (QED) is 0.329. The van der Waals surface area contributed by atoms with Gasteiger partial charge in [0.2, 0.25) is 0 Å². The van der Waals surface area contributed by atoms with E-state index in [-0.39, 0.29) is 9.76 Å². The second-order valence-corrected chi connectivity index (χ2v) is 4.97. The first-order valence-corrected chi connectivity index (χ1v) is 7.38. The zero-order valence-corrected chi connectivity index (χ0v) is 11.3. The van der Waals surface area contributed by atoms with Crippen molar-refractivity contribution in [3.8, 4) is 0 Å². The Balaban J connectivity index is 2.78. The third kappa shape index (κ3) is 12.4. The lowest BCUT2D eigenvalue weighted by molar-refractivity contribution is 0.0646. The van der Waals surface area contributed by atoms with Crippen molar-refractivity contribution in [3.63, 3.8) is 0 Å². The summed E-state index contributed by atoms with van der Waals surface area (Å²) in [7, 11) is 1.41. The van der Waals surface area contributed by atoms with E-state index < -0.39 is 0 Å². The van der Waals surface area contributed by atoms with Gasteiger partial charge in [0.15, 0.2) is 9.76 Å². The van der Waals surface area contributed by atoms with Crippen molar-refractivity contribution in [1.29, 1.82) is 0 Å². The first-order chi connectivity index (χ1) is 6.91. The molecule has 0 fully saturated rings. The lowest BCUT2D eigenvalue weighted by atomic mass is 10.5. The Morgan fingerprint density at radius 2 is 1.93 bits per heavy atom. The predicted octanol–water partition coefficient (Wildman–Crippen LogP) is 0.878. The molecular formula is C9H22O3SSi. The molecule has 5 heteroatoms. The van der Waals surface area contributed by atoms with Crippen LogP contribution in [0.4, 0.5) is 0 Å². The Hall–Kier alpha value is 0.447. The number of methoxy groups -OCH3 is 1. The van der Waals surface area contributed by atoms with Gasteiger partial charge in [-0.05, 0) is 24.6 Å². The number of ether oxygens (including phenoxy) is 2. The second kappa shape index (κ2) is 13.4. The number of hydrogen-bond acceptors (Lipinski definition) is 4. The summed E-state index contributed by atoms with van der Waals surface area (Å²) < 4.78 is 15.7. The highest BCUT2D eigenvalue weighted by atomic mass is 32.1. The minimum atomic E-state index is -0.273. The third-order valence-corrected chi connectivity index (χ3v) is 3.39. The van der Waals surface area contributed by atoms with E-state index in [1.165, 1.54) is 12.5 Å². The molecule has 0 saturated carbocycles. The van der Waals surface area contributed by atoms with Gasteiger partial charge < -0.3 is 13.9 Å². The maximum absolute atomic E-state index is 5.54. The summed E-state index contributed by atoms with van der Waals surface area (Å²) in [4.78, 5) is 0. The minimum absolute atomic E-state index is 0.273. The van der Waals surface area contributed by atoms with Crippen LogP contribution in [-0.4, -0.2) is 49.1 Å². The molecule has 0 aliphatic rings. The van der Waals surface area contributed by atoms with Gasteiger partial charge >= 0.3 is 0 Å². The SMILES string of the molecule is COCCOCCCO[SiH2]CCCS. The van der Waals surface area contributed by atoms with E-state index >= 15 is 0 Å². The van der Waals surface area contributed by atoms with E-state index in [0.29, 0.717) is 13.2 Å². The van der Waals surface area contributed by atoms with Gasteiger partial charge in [0.05, 0.1) is 13.2 Å². The molecule has 0 bridgehead atoms. The molecule has 0 heterocycles. The first kappa shape index (κ1) is 14.4. The van der Waals surface area contributed by atoms with Crippen molar-refractivity contribution in [1.82, 2.24) is 0 Å². The molecule has 3 nitrogen and oxygen atoms in total. The summed E-state index contributed by atoms with van der Waals surface area (Å²) in [5.74, 6) is 0.983. The normalized spacial score (nSPS) is 11.6. The largest absolute Gasteiger partial charge is 0.424 e. The zero-order valence-electron chi connectivity index (χ0n) is 9.04. The highest BCUT2D eigenvalue weighted by Gasteiger charge is 1.91. The molecule has 0 unspecified atom stereocenters. The van der Waals surface area contributed by atoms with E-state index in [1.54, 1.807) is 7.11 Å². The monoisotopic (exact) mass is 238 g/mol. The minimum Gasteiger partial charge on any atom is -0.424 e. The molecule has 0 saturated heterocycles. The summed E-state index contributed by atoms with van der Waals surface area (Å²) in [5, 5.41) is 0. The molecule has 0 radical (unpaired) electrons. The van der Waals surface area contributed by atoms with Crippen LogP contribution >= 0.6 is 12.6 Å². The maximum Gasteiger partial charge on any atom is 0.161 e. The van der Waals surface area contributed by atoms with Crippen LogP contribution in [0.3, 0.4) is 0 Å². The molecule has 14 heavy (non-hydrogen) atoms. The Bertz CT molecular complexity index is 94.1. The summed E-state index contributed by atoms with van der Waals surface area (Å²) in [6, 6.07) is 1.24. The van der Waals surface area contributed by atoms with Gasteiger partial charge in [-0.1, -0.05) is 0 Å². The van der Waals surface area contributed by atoms with Crippen LogP contribution < -0.4 is 0 Å². The maximum atomic E-state index is 5.54. The smallest absolute Gasteiger partial charge is 0.161 e. The fourth-order valence-electron chi connectivity index (χ4n) is 0.925. The van der Waals surface area contributed by atoms with Crippen molar-refractivity contribution < 1.29 is 13.9 Å². The summed E-state index contributed by atoms with van der Waals surface area (Å²) in [6.45, 7) is 3.00. The van der Waals surface area contributed by atoms with Crippen LogP contribution in [0.1, 0.15) is 12.8 Å². The molecule has 0 aromatic rings. The Labute approximate surface area is 94.9 Å². The number of hydrogen-bond donors (Lipinski definition) is 1. The van der Waals surface area contributed by atoms with Crippen molar-refractivity contribution >= 4 is 22.4 Å². The molecule has 0 atom stereocenters. The standard InChI is InChI=1S/C9H22O3SSi/c1-10-6-7-11-4-2-5-12-14-9-3-8-13/h13H,2-9,14H2,1H3. The number of thiol groups is 1. The Kier molecular flexibility index (Phi) is 13.9. The fourth-order valence-corrected chi connectivity index (χ4v) is 2.64.